The van der Waals surface area contributed by atoms with E-state index >= 15 is 0 Å². The van der Waals surface area contributed by atoms with Crippen molar-refractivity contribution >= 4 is 60.5 Å². The largest absolute Gasteiger partial charge is 0.456 e. The van der Waals surface area contributed by atoms with E-state index in [0.29, 0.717) is 0 Å². The molecular formula is C56H37NO. The molecule has 0 bridgehead atoms. The lowest BCUT2D eigenvalue weighted by molar-refractivity contribution is 0.669. The molecule has 0 unspecified atom stereocenters. The number of furan rings is 1. The standard InChI is InChI=1S/C56H37NO/c1-2-12-42(13-3-1)51-34-30-44(50-22-11-17-41-15-5-7-19-48(41)50)36-54(51)57(46-33-35-56-53(37-46)52-20-8-9-23-55(52)58-56)45-31-28-39(29-32-45)38-24-26-43(27-25-38)49-21-10-16-40-14-4-6-18-47(40)49/h1-37H. The Labute approximate surface area is 337 Å². The van der Waals surface area contributed by atoms with Crippen molar-refractivity contribution < 1.29 is 4.42 Å². The van der Waals surface area contributed by atoms with Crippen molar-refractivity contribution in [1.82, 2.24) is 0 Å². The van der Waals surface area contributed by atoms with E-state index in [0.717, 1.165) is 61.3 Å². The van der Waals surface area contributed by atoms with Gasteiger partial charge in [-0.25, -0.2) is 0 Å². The van der Waals surface area contributed by atoms with Crippen LogP contribution in [0.3, 0.4) is 0 Å². The molecule has 10 aromatic carbocycles. The van der Waals surface area contributed by atoms with E-state index in [1.807, 2.05) is 12.1 Å². The predicted octanol–water partition coefficient (Wildman–Crippen LogP) is 16.0. The highest BCUT2D eigenvalue weighted by atomic mass is 16.3. The van der Waals surface area contributed by atoms with Crippen molar-refractivity contribution in [3.05, 3.63) is 224 Å². The average Bonchev–Trinajstić information content (AvgIpc) is 3.67. The molecule has 2 nitrogen and oxygen atoms in total. The van der Waals surface area contributed by atoms with Gasteiger partial charge in [0, 0.05) is 27.7 Å². The highest BCUT2D eigenvalue weighted by Crippen LogP contribution is 2.45. The third-order valence-electron chi connectivity index (χ3n) is 11.5. The zero-order chi connectivity index (χ0) is 38.4. The summed E-state index contributed by atoms with van der Waals surface area (Å²) in [6.07, 6.45) is 0. The van der Waals surface area contributed by atoms with Gasteiger partial charge in [-0.3, -0.25) is 0 Å². The topological polar surface area (TPSA) is 16.4 Å². The molecular weight excluding hydrogens is 703 g/mol. The number of hydrogen-bond acceptors (Lipinski definition) is 2. The minimum atomic E-state index is 0.875. The lowest BCUT2D eigenvalue weighted by atomic mass is 9.94. The Morgan fingerprint density at radius 2 is 0.776 bits per heavy atom. The third-order valence-corrected chi connectivity index (χ3v) is 11.5. The van der Waals surface area contributed by atoms with Gasteiger partial charge in [-0.05, 0) is 103 Å². The first kappa shape index (κ1) is 33.6. The van der Waals surface area contributed by atoms with E-state index in [9.17, 15) is 0 Å². The van der Waals surface area contributed by atoms with Crippen LogP contribution in [0.4, 0.5) is 17.1 Å². The zero-order valence-electron chi connectivity index (χ0n) is 31.7. The molecule has 1 aromatic heterocycles. The van der Waals surface area contributed by atoms with Crippen molar-refractivity contribution in [1.29, 1.82) is 0 Å². The average molecular weight is 740 g/mol. The molecule has 11 rings (SSSR count). The fourth-order valence-corrected chi connectivity index (χ4v) is 8.63. The van der Waals surface area contributed by atoms with Crippen LogP contribution < -0.4 is 4.90 Å². The van der Waals surface area contributed by atoms with Crippen molar-refractivity contribution in [2.45, 2.75) is 0 Å². The smallest absolute Gasteiger partial charge is 0.135 e. The van der Waals surface area contributed by atoms with Gasteiger partial charge in [0.2, 0.25) is 0 Å². The molecule has 0 spiro atoms. The first-order valence-corrected chi connectivity index (χ1v) is 19.8. The monoisotopic (exact) mass is 739 g/mol. The molecule has 0 aliphatic heterocycles. The summed E-state index contributed by atoms with van der Waals surface area (Å²) in [4.78, 5) is 2.41. The van der Waals surface area contributed by atoms with Crippen LogP contribution in [0.25, 0.3) is 88.0 Å². The molecule has 0 N–H and O–H groups in total. The number of rotatable bonds is 7. The van der Waals surface area contributed by atoms with Gasteiger partial charge in [0.25, 0.3) is 0 Å². The van der Waals surface area contributed by atoms with E-state index in [1.165, 1.54) is 43.8 Å². The number of hydrogen-bond donors (Lipinski definition) is 0. The highest BCUT2D eigenvalue weighted by Gasteiger charge is 2.21. The lowest BCUT2D eigenvalue weighted by Crippen LogP contribution is -2.11. The number of nitrogens with zero attached hydrogens (tertiary/aromatic N) is 1. The van der Waals surface area contributed by atoms with Crippen LogP contribution in [0.1, 0.15) is 0 Å². The van der Waals surface area contributed by atoms with Gasteiger partial charge in [-0.15, -0.1) is 0 Å². The maximum absolute atomic E-state index is 6.31. The van der Waals surface area contributed by atoms with Gasteiger partial charge < -0.3 is 9.32 Å². The zero-order valence-corrected chi connectivity index (χ0v) is 31.7. The van der Waals surface area contributed by atoms with E-state index in [4.69, 9.17) is 4.42 Å². The maximum Gasteiger partial charge on any atom is 0.135 e. The van der Waals surface area contributed by atoms with E-state index in [-0.39, 0.29) is 0 Å². The fourth-order valence-electron chi connectivity index (χ4n) is 8.63. The number of fused-ring (bicyclic) bond motifs is 5. The van der Waals surface area contributed by atoms with Gasteiger partial charge in [0.15, 0.2) is 0 Å². The molecule has 0 saturated carbocycles. The van der Waals surface area contributed by atoms with Crippen LogP contribution >= 0.6 is 0 Å². The van der Waals surface area contributed by atoms with Gasteiger partial charge in [-0.2, -0.15) is 0 Å². The lowest BCUT2D eigenvalue weighted by Gasteiger charge is -2.29. The summed E-state index contributed by atoms with van der Waals surface area (Å²) in [5.74, 6) is 0. The van der Waals surface area contributed by atoms with Crippen LogP contribution in [0.15, 0.2) is 229 Å². The minimum absolute atomic E-state index is 0.875. The fraction of sp³-hybridized carbons (Fsp3) is 0. The Kier molecular flexibility index (Phi) is 8.19. The van der Waals surface area contributed by atoms with Gasteiger partial charge in [0.05, 0.1) is 5.69 Å². The quantitative estimate of drug-likeness (QED) is 0.162. The summed E-state index contributed by atoms with van der Waals surface area (Å²) in [5, 5.41) is 7.17. The first-order valence-electron chi connectivity index (χ1n) is 19.8. The summed E-state index contributed by atoms with van der Waals surface area (Å²) in [7, 11) is 0. The summed E-state index contributed by atoms with van der Waals surface area (Å²) in [5.41, 5.74) is 14.5. The molecule has 1 heterocycles. The Bertz CT molecular complexity index is 3260. The minimum Gasteiger partial charge on any atom is -0.456 e. The van der Waals surface area contributed by atoms with Gasteiger partial charge >= 0.3 is 0 Å². The van der Waals surface area contributed by atoms with Gasteiger partial charge in [-0.1, -0.05) is 182 Å². The van der Waals surface area contributed by atoms with Crippen molar-refractivity contribution in [2.75, 3.05) is 4.90 Å². The van der Waals surface area contributed by atoms with Gasteiger partial charge in [0.1, 0.15) is 11.2 Å². The number of anilines is 3. The highest BCUT2D eigenvalue weighted by molar-refractivity contribution is 6.07. The second kappa shape index (κ2) is 14.1. The Morgan fingerprint density at radius 1 is 0.276 bits per heavy atom. The molecule has 0 aliphatic carbocycles. The van der Waals surface area contributed by atoms with Crippen molar-refractivity contribution in [3.8, 4) is 44.5 Å². The molecule has 0 fully saturated rings. The maximum atomic E-state index is 6.31. The third kappa shape index (κ3) is 5.91. The second-order valence-corrected chi connectivity index (χ2v) is 14.9. The van der Waals surface area contributed by atoms with Crippen LogP contribution in [-0.4, -0.2) is 0 Å². The summed E-state index contributed by atoms with van der Waals surface area (Å²) >= 11 is 0. The molecule has 2 heteroatoms. The molecule has 0 atom stereocenters. The predicted molar refractivity (Wildman–Crippen MR) is 245 cm³/mol. The normalized spacial score (nSPS) is 11.4. The SMILES string of the molecule is c1ccc(-c2ccc(-c3cccc4ccccc34)cc2N(c2ccc(-c3ccc(-c4cccc5ccccc45)cc3)cc2)c2ccc3oc4ccccc4c3c2)cc1. The number of para-hydroxylation sites is 1. The Hall–Kier alpha value is -7.68. The first-order chi connectivity index (χ1) is 28.7. The van der Waals surface area contributed by atoms with Crippen molar-refractivity contribution in [3.63, 3.8) is 0 Å². The summed E-state index contributed by atoms with van der Waals surface area (Å²) < 4.78 is 6.31. The summed E-state index contributed by atoms with van der Waals surface area (Å²) in [6, 6.07) is 80.8. The van der Waals surface area contributed by atoms with Crippen LogP contribution in [0.5, 0.6) is 0 Å². The van der Waals surface area contributed by atoms with Crippen LogP contribution in [0.2, 0.25) is 0 Å². The van der Waals surface area contributed by atoms with E-state index in [1.54, 1.807) is 0 Å². The van der Waals surface area contributed by atoms with E-state index in [2.05, 4.69) is 217 Å². The second-order valence-electron chi connectivity index (χ2n) is 14.9. The Balaban J connectivity index is 1.07. The summed E-state index contributed by atoms with van der Waals surface area (Å²) in [6.45, 7) is 0. The molecule has 0 amide bonds. The molecule has 272 valence electrons. The van der Waals surface area contributed by atoms with Crippen LogP contribution in [-0.2, 0) is 0 Å². The molecule has 0 radical (unpaired) electrons. The molecule has 0 saturated heterocycles. The molecule has 58 heavy (non-hydrogen) atoms. The van der Waals surface area contributed by atoms with Crippen LogP contribution in [0, 0.1) is 0 Å². The van der Waals surface area contributed by atoms with Crippen molar-refractivity contribution in [2.24, 2.45) is 0 Å². The Morgan fingerprint density at radius 3 is 1.48 bits per heavy atom. The number of benzene rings is 10. The molecule has 0 aliphatic rings. The van der Waals surface area contributed by atoms with E-state index < -0.39 is 0 Å². The molecule has 11 aromatic rings.